The van der Waals surface area contributed by atoms with Crippen molar-refractivity contribution in [1.29, 1.82) is 0 Å². The quantitative estimate of drug-likeness (QED) is 0.673. The molecule has 0 spiro atoms. The fraction of sp³-hybridized carbons (Fsp3) is 0.364. The van der Waals surface area contributed by atoms with Gasteiger partial charge in [0.15, 0.2) is 6.54 Å². The predicted molar refractivity (Wildman–Crippen MR) is 112 cm³/mol. The molecule has 2 atom stereocenters. The summed E-state index contributed by atoms with van der Waals surface area (Å²) in [7, 11) is 1.65. The first-order valence-corrected chi connectivity index (χ1v) is 10.6. The number of likely N-dealkylation sites (tertiary alicyclic amines) is 1. The Hall–Kier alpha value is -2.44. The summed E-state index contributed by atoms with van der Waals surface area (Å²) in [4.78, 5) is 18.6. The van der Waals surface area contributed by atoms with Crippen LogP contribution in [0.5, 0.6) is 5.75 Å². The molecule has 1 aliphatic rings. The monoisotopic (exact) mass is 396 g/mol. The number of para-hydroxylation sites is 1. The van der Waals surface area contributed by atoms with Gasteiger partial charge in [0.2, 0.25) is 0 Å². The highest BCUT2D eigenvalue weighted by molar-refractivity contribution is 7.18. The average molecular weight is 397 g/mol. The zero-order chi connectivity index (χ0) is 19.3. The van der Waals surface area contributed by atoms with Crippen LogP contribution >= 0.6 is 11.3 Å². The van der Waals surface area contributed by atoms with Crippen molar-refractivity contribution in [3.8, 4) is 5.75 Å². The van der Waals surface area contributed by atoms with E-state index in [1.807, 2.05) is 30.3 Å². The van der Waals surface area contributed by atoms with Gasteiger partial charge in [-0.2, -0.15) is 0 Å². The Morgan fingerprint density at radius 2 is 2.07 bits per heavy atom. The molecule has 6 heteroatoms. The minimum Gasteiger partial charge on any atom is -0.497 e. The average Bonchev–Trinajstić information content (AvgIpc) is 3.17. The zero-order valence-electron chi connectivity index (χ0n) is 16.1. The number of nitrogens with one attached hydrogen (secondary N) is 2. The summed E-state index contributed by atoms with van der Waals surface area (Å²) in [6, 6.07) is 16.1. The number of piperidine rings is 1. The van der Waals surface area contributed by atoms with E-state index in [2.05, 4.69) is 23.5 Å². The van der Waals surface area contributed by atoms with E-state index < -0.39 is 0 Å². The van der Waals surface area contributed by atoms with Crippen molar-refractivity contribution in [2.24, 2.45) is 0 Å². The number of rotatable bonds is 6. The number of benzene rings is 2. The standard InChI is InChI=1S/C22H25N3O2S/c1-27-18-10-8-16(9-11-18)13-23-21(26)15-25-12-4-5-17(14-25)22-24-19-6-2-3-7-20(19)28-22/h2-3,6-11,17H,4-5,12-15H2,1H3,(H,23,26)/p+1/t17-/m0/s1. The molecule has 0 saturated carbocycles. The van der Waals surface area contributed by atoms with Crippen LogP contribution in [0.4, 0.5) is 0 Å². The lowest BCUT2D eigenvalue weighted by Gasteiger charge is -2.28. The van der Waals surface area contributed by atoms with Gasteiger partial charge in [0.05, 0.1) is 36.3 Å². The van der Waals surface area contributed by atoms with Crippen LogP contribution in [0.25, 0.3) is 10.2 Å². The van der Waals surface area contributed by atoms with E-state index in [9.17, 15) is 4.79 Å². The van der Waals surface area contributed by atoms with Crippen LogP contribution in [0, 0.1) is 0 Å². The minimum atomic E-state index is 0.107. The summed E-state index contributed by atoms with van der Waals surface area (Å²) in [5, 5.41) is 4.27. The molecule has 4 rings (SSSR count). The van der Waals surface area contributed by atoms with Crippen LogP contribution in [0.3, 0.4) is 0 Å². The molecule has 1 aromatic heterocycles. The minimum absolute atomic E-state index is 0.107. The highest BCUT2D eigenvalue weighted by Crippen LogP contribution is 2.30. The number of thiazole rings is 1. The van der Waals surface area contributed by atoms with Gasteiger partial charge in [0.25, 0.3) is 5.91 Å². The normalized spacial score (nSPS) is 19.5. The van der Waals surface area contributed by atoms with E-state index >= 15 is 0 Å². The Labute approximate surface area is 169 Å². The zero-order valence-corrected chi connectivity index (χ0v) is 16.9. The number of hydrogen-bond donors (Lipinski definition) is 2. The maximum Gasteiger partial charge on any atom is 0.275 e. The van der Waals surface area contributed by atoms with E-state index in [1.54, 1.807) is 18.4 Å². The lowest BCUT2D eigenvalue weighted by molar-refractivity contribution is -0.898. The molecule has 3 aromatic rings. The van der Waals surface area contributed by atoms with E-state index in [-0.39, 0.29) is 5.91 Å². The first kappa shape index (κ1) is 18.9. The maximum absolute atomic E-state index is 12.4. The highest BCUT2D eigenvalue weighted by Gasteiger charge is 2.28. The van der Waals surface area contributed by atoms with Crippen LogP contribution in [0.2, 0.25) is 0 Å². The first-order chi connectivity index (χ1) is 13.7. The number of nitrogens with zero attached hydrogens (tertiary/aromatic N) is 1. The third-order valence-electron chi connectivity index (χ3n) is 5.34. The van der Waals surface area contributed by atoms with Crippen molar-refractivity contribution in [1.82, 2.24) is 10.3 Å². The molecule has 0 radical (unpaired) electrons. The highest BCUT2D eigenvalue weighted by atomic mass is 32.1. The number of carbonyl (C=O) groups is 1. The van der Waals surface area contributed by atoms with Gasteiger partial charge in [-0.15, -0.1) is 11.3 Å². The second kappa shape index (κ2) is 8.71. The lowest BCUT2D eigenvalue weighted by atomic mass is 9.99. The molecular formula is C22H26N3O2S+. The maximum atomic E-state index is 12.4. The number of ether oxygens (including phenoxy) is 1. The number of methoxy groups -OCH3 is 1. The fourth-order valence-electron chi connectivity index (χ4n) is 3.82. The largest absolute Gasteiger partial charge is 0.497 e. The van der Waals surface area contributed by atoms with Gasteiger partial charge in [-0.1, -0.05) is 24.3 Å². The third-order valence-corrected chi connectivity index (χ3v) is 6.54. The molecular weight excluding hydrogens is 370 g/mol. The van der Waals surface area contributed by atoms with Crippen molar-refractivity contribution in [3.63, 3.8) is 0 Å². The molecule has 146 valence electrons. The van der Waals surface area contributed by atoms with Gasteiger partial charge in [-0.05, 0) is 42.7 Å². The van der Waals surface area contributed by atoms with E-state index in [4.69, 9.17) is 9.72 Å². The summed E-state index contributed by atoms with van der Waals surface area (Å²) < 4.78 is 6.42. The van der Waals surface area contributed by atoms with Crippen molar-refractivity contribution in [3.05, 3.63) is 59.1 Å². The Morgan fingerprint density at radius 3 is 2.86 bits per heavy atom. The van der Waals surface area contributed by atoms with Crippen molar-refractivity contribution in [2.45, 2.75) is 25.3 Å². The molecule has 1 aliphatic heterocycles. The van der Waals surface area contributed by atoms with E-state index in [1.165, 1.54) is 14.6 Å². The van der Waals surface area contributed by atoms with Gasteiger partial charge in [-0.25, -0.2) is 4.98 Å². The molecule has 1 saturated heterocycles. The number of aromatic nitrogens is 1. The van der Waals surface area contributed by atoms with Crippen LogP contribution in [0.15, 0.2) is 48.5 Å². The Kier molecular flexibility index (Phi) is 5.88. The van der Waals surface area contributed by atoms with Gasteiger partial charge in [-0.3, -0.25) is 4.79 Å². The molecule has 2 heterocycles. The van der Waals surface area contributed by atoms with Crippen molar-refractivity contribution in [2.75, 3.05) is 26.7 Å². The van der Waals surface area contributed by atoms with E-state index in [0.717, 1.165) is 42.8 Å². The van der Waals surface area contributed by atoms with E-state index in [0.29, 0.717) is 19.0 Å². The third kappa shape index (κ3) is 4.51. The topological polar surface area (TPSA) is 55.7 Å². The smallest absolute Gasteiger partial charge is 0.275 e. The molecule has 0 aliphatic carbocycles. The van der Waals surface area contributed by atoms with Crippen LogP contribution in [-0.4, -0.2) is 37.6 Å². The molecule has 1 fully saturated rings. The summed E-state index contributed by atoms with van der Waals surface area (Å²) in [6.45, 7) is 3.11. The number of quaternary nitrogens is 1. The number of amides is 1. The second-order valence-corrected chi connectivity index (χ2v) is 8.43. The molecule has 0 bridgehead atoms. The van der Waals surface area contributed by atoms with Crippen molar-refractivity contribution < 1.29 is 14.4 Å². The first-order valence-electron chi connectivity index (χ1n) is 9.80. The summed E-state index contributed by atoms with van der Waals surface area (Å²) >= 11 is 1.80. The molecule has 5 nitrogen and oxygen atoms in total. The van der Waals surface area contributed by atoms with Gasteiger partial charge in [0.1, 0.15) is 10.8 Å². The molecule has 28 heavy (non-hydrogen) atoms. The van der Waals surface area contributed by atoms with Gasteiger partial charge >= 0.3 is 0 Å². The summed E-state index contributed by atoms with van der Waals surface area (Å²) in [5.41, 5.74) is 2.17. The predicted octanol–water partition coefficient (Wildman–Crippen LogP) is 2.38. The van der Waals surface area contributed by atoms with Crippen LogP contribution in [0.1, 0.15) is 29.3 Å². The second-order valence-electron chi connectivity index (χ2n) is 7.36. The Morgan fingerprint density at radius 1 is 1.25 bits per heavy atom. The lowest BCUT2D eigenvalue weighted by Crippen LogP contribution is -3.14. The summed E-state index contributed by atoms with van der Waals surface area (Å²) in [6.07, 6.45) is 2.30. The van der Waals surface area contributed by atoms with Gasteiger partial charge < -0.3 is 15.0 Å². The Balaban J connectivity index is 1.30. The number of hydrogen-bond acceptors (Lipinski definition) is 4. The number of fused-ring (bicyclic) bond motifs is 1. The molecule has 1 unspecified atom stereocenters. The molecule has 2 N–H and O–H groups in total. The molecule has 2 aromatic carbocycles. The molecule has 1 amide bonds. The van der Waals surface area contributed by atoms with Crippen LogP contribution < -0.4 is 15.0 Å². The fourth-order valence-corrected chi connectivity index (χ4v) is 4.92. The summed E-state index contributed by atoms with van der Waals surface area (Å²) in [5.74, 6) is 1.39. The van der Waals surface area contributed by atoms with Crippen molar-refractivity contribution >= 4 is 27.5 Å². The Bertz CT molecular complexity index is 905. The number of carbonyl (C=O) groups excluding carboxylic acids is 1. The van der Waals surface area contributed by atoms with Crippen LogP contribution in [-0.2, 0) is 11.3 Å². The SMILES string of the molecule is COc1ccc(CNC(=O)C[NH+]2CCC[C@H](c3nc4ccccc4s3)C2)cc1. The van der Waals surface area contributed by atoms with Gasteiger partial charge in [0, 0.05) is 6.54 Å².